The Morgan fingerprint density at radius 2 is 2.00 bits per heavy atom. The van der Waals surface area contributed by atoms with Crippen LogP contribution in [0.15, 0.2) is 43.0 Å². The summed E-state index contributed by atoms with van der Waals surface area (Å²) in [5.74, 6) is 0.143. The van der Waals surface area contributed by atoms with E-state index in [2.05, 4.69) is 15.0 Å². The number of pyridine rings is 1. The standard InChI is InChI=1S/C23H19F3N6O2/c1-11-2-5-18-20(13-4-3-12(23(24,25)26)6-19(13)34-18)32(11)22(33)14-7-16-15(8-29-14)30-21(27)17-9-28-10-31(16)17/h3-4,6-11,18,20H,2,5H2,1H3,(H2,27,30)/t11-,18+,20+/m1/s1. The molecule has 0 spiro atoms. The summed E-state index contributed by atoms with van der Waals surface area (Å²) >= 11 is 0. The Bertz CT molecular complexity index is 1470. The molecule has 0 unspecified atom stereocenters. The van der Waals surface area contributed by atoms with Gasteiger partial charge < -0.3 is 15.4 Å². The molecule has 3 atom stereocenters. The lowest BCUT2D eigenvalue weighted by atomic mass is 9.90. The normalized spacial score (nSPS) is 22.0. The largest absolute Gasteiger partial charge is 0.488 e. The Labute approximate surface area is 191 Å². The van der Waals surface area contributed by atoms with Crippen LogP contribution in [0, 0.1) is 0 Å². The molecular formula is C23H19F3N6O2. The van der Waals surface area contributed by atoms with Crippen LogP contribution in [0.4, 0.5) is 19.0 Å². The molecule has 1 fully saturated rings. The van der Waals surface area contributed by atoms with Crippen LogP contribution in [-0.2, 0) is 6.18 Å². The number of alkyl halides is 3. The lowest BCUT2D eigenvalue weighted by Gasteiger charge is -2.41. The number of likely N-dealkylation sites (tertiary alicyclic amines) is 1. The number of carbonyl (C=O) groups is 1. The third-order valence-electron chi connectivity index (χ3n) is 6.65. The smallest absolute Gasteiger partial charge is 0.416 e. The van der Waals surface area contributed by atoms with Crippen molar-refractivity contribution in [2.45, 2.75) is 44.1 Å². The monoisotopic (exact) mass is 468 g/mol. The van der Waals surface area contributed by atoms with Gasteiger partial charge >= 0.3 is 6.18 Å². The second kappa shape index (κ2) is 7.05. The van der Waals surface area contributed by atoms with Gasteiger partial charge in [-0.25, -0.2) is 15.0 Å². The Kier molecular flexibility index (Phi) is 4.29. The van der Waals surface area contributed by atoms with Gasteiger partial charge in [-0.05, 0) is 38.0 Å². The van der Waals surface area contributed by atoms with E-state index in [9.17, 15) is 18.0 Å². The van der Waals surface area contributed by atoms with E-state index in [1.807, 2.05) is 6.92 Å². The molecule has 1 aromatic carbocycles. The van der Waals surface area contributed by atoms with Crippen LogP contribution in [0.2, 0.25) is 0 Å². The van der Waals surface area contributed by atoms with Gasteiger partial charge in [0.25, 0.3) is 5.91 Å². The summed E-state index contributed by atoms with van der Waals surface area (Å²) < 4.78 is 47.3. The van der Waals surface area contributed by atoms with Crippen molar-refractivity contribution in [3.8, 4) is 5.75 Å². The van der Waals surface area contributed by atoms with Crippen LogP contribution < -0.4 is 10.5 Å². The highest BCUT2D eigenvalue weighted by Crippen LogP contribution is 2.48. The van der Waals surface area contributed by atoms with Crippen molar-refractivity contribution in [2.75, 3.05) is 5.73 Å². The van der Waals surface area contributed by atoms with E-state index in [0.29, 0.717) is 40.8 Å². The Balaban J connectivity index is 1.42. The van der Waals surface area contributed by atoms with Crippen LogP contribution in [0.3, 0.4) is 0 Å². The molecule has 2 N–H and O–H groups in total. The van der Waals surface area contributed by atoms with Crippen molar-refractivity contribution in [2.24, 2.45) is 0 Å². The Morgan fingerprint density at radius 1 is 1.18 bits per heavy atom. The summed E-state index contributed by atoms with van der Waals surface area (Å²) in [5.41, 5.74) is 7.73. The summed E-state index contributed by atoms with van der Waals surface area (Å²) in [6, 6.07) is 4.45. The van der Waals surface area contributed by atoms with Crippen molar-refractivity contribution >= 4 is 28.3 Å². The van der Waals surface area contributed by atoms with Crippen molar-refractivity contribution in [3.05, 3.63) is 59.8 Å². The molecule has 3 aromatic heterocycles. The lowest BCUT2D eigenvalue weighted by Crippen LogP contribution is -2.49. The maximum absolute atomic E-state index is 13.7. The molecule has 5 heterocycles. The van der Waals surface area contributed by atoms with E-state index in [0.717, 1.165) is 12.1 Å². The number of fused-ring (bicyclic) bond motifs is 6. The zero-order valence-corrected chi connectivity index (χ0v) is 18.0. The number of hydrogen-bond acceptors (Lipinski definition) is 6. The number of halogens is 3. The van der Waals surface area contributed by atoms with Gasteiger partial charge in [-0.2, -0.15) is 13.2 Å². The predicted octanol–water partition coefficient (Wildman–Crippen LogP) is 4.01. The second-order valence-corrected chi connectivity index (χ2v) is 8.69. The van der Waals surface area contributed by atoms with E-state index < -0.39 is 23.9 Å². The summed E-state index contributed by atoms with van der Waals surface area (Å²) in [6.07, 6.45) is 1.06. The Hall–Kier alpha value is -3.89. The molecule has 0 aliphatic carbocycles. The SMILES string of the molecule is C[C@@H]1CC[C@@H]2Oc3cc(C(F)(F)F)ccc3[C@@H]2N1C(=O)c1cc2c(cn1)nc(N)c1cncn12. The second-order valence-electron chi connectivity index (χ2n) is 8.69. The number of amides is 1. The number of nitrogen functional groups attached to an aromatic ring is 1. The summed E-state index contributed by atoms with van der Waals surface area (Å²) in [6.45, 7) is 1.92. The van der Waals surface area contributed by atoms with Gasteiger partial charge in [-0.3, -0.25) is 9.20 Å². The van der Waals surface area contributed by atoms with Crippen LogP contribution in [-0.4, -0.2) is 42.3 Å². The molecule has 11 heteroatoms. The first-order valence-corrected chi connectivity index (χ1v) is 10.8. The number of nitrogens with two attached hydrogens (primary N) is 1. The quantitative estimate of drug-likeness (QED) is 0.453. The molecule has 0 radical (unpaired) electrons. The van der Waals surface area contributed by atoms with Crippen molar-refractivity contribution in [1.82, 2.24) is 24.3 Å². The molecule has 6 rings (SSSR count). The lowest BCUT2D eigenvalue weighted by molar-refractivity contribution is -0.137. The fourth-order valence-corrected chi connectivity index (χ4v) is 5.01. The molecule has 2 aliphatic rings. The number of piperidine rings is 1. The first-order chi connectivity index (χ1) is 16.2. The number of benzene rings is 1. The zero-order chi connectivity index (χ0) is 23.8. The molecule has 1 amide bonds. The number of aromatic nitrogens is 4. The summed E-state index contributed by atoms with van der Waals surface area (Å²) in [5, 5.41) is 0. The molecule has 4 aromatic rings. The van der Waals surface area contributed by atoms with Crippen LogP contribution in [0.5, 0.6) is 5.75 Å². The number of carbonyl (C=O) groups excluding carboxylic acids is 1. The van der Waals surface area contributed by atoms with Gasteiger partial charge in [0, 0.05) is 11.6 Å². The van der Waals surface area contributed by atoms with Gasteiger partial charge in [-0.1, -0.05) is 6.07 Å². The van der Waals surface area contributed by atoms with Crippen molar-refractivity contribution in [1.29, 1.82) is 0 Å². The highest BCUT2D eigenvalue weighted by Gasteiger charge is 2.47. The van der Waals surface area contributed by atoms with E-state index in [1.54, 1.807) is 27.9 Å². The van der Waals surface area contributed by atoms with E-state index in [4.69, 9.17) is 10.5 Å². The fraction of sp³-hybridized carbons (Fsp3) is 0.304. The molecule has 0 bridgehead atoms. The third kappa shape index (κ3) is 2.99. The molecule has 0 saturated carbocycles. The number of ether oxygens (including phenoxy) is 1. The first kappa shape index (κ1) is 20.7. The van der Waals surface area contributed by atoms with Gasteiger partial charge in [0.1, 0.15) is 34.4 Å². The fourth-order valence-electron chi connectivity index (χ4n) is 5.01. The van der Waals surface area contributed by atoms with Gasteiger partial charge in [-0.15, -0.1) is 0 Å². The highest BCUT2D eigenvalue weighted by molar-refractivity contribution is 5.96. The average Bonchev–Trinajstić information content (AvgIpc) is 3.43. The minimum atomic E-state index is -4.47. The maximum atomic E-state index is 13.7. The Morgan fingerprint density at radius 3 is 2.79 bits per heavy atom. The molecule has 1 saturated heterocycles. The van der Waals surface area contributed by atoms with Gasteiger partial charge in [0.2, 0.25) is 0 Å². The summed E-state index contributed by atoms with van der Waals surface area (Å²) in [4.78, 5) is 28.2. The van der Waals surface area contributed by atoms with E-state index in [1.165, 1.54) is 12.3 Å². The molecular weight excluding hydrogens is 449 g/mol. The third-order valence-corrected chi connectivity index (χ3v) is 6.65. The van der Waals surface area contributed by atoms with Crippen LogP contribution >= 0.6 is 0 Å². The number of imidazole rings is 1. The topological polar surface area (TPSA) is 98.6 Å². The summed E-state index contributed by atoms with van der Waals surface area (Å²) in [7, 11) is 0. The number of rotatable bonds is 1. The van der Waals surface area contributed by atoms with Crippen molar-refractivity contribution in [3.63, 3.8) is 0 Å². The molecule has 34 heavy (non-hydrogen) atoms. The van der Waals surface area contributed by atoms with Crippen LogP contribution in [0.1, 0.15) is 47.4 Å². The molecule has 8 nitrogen and oxygen atoms in total. The average molecular weight is 468 g/mol. The van der Waals surface area contributed by atoms with E-state index in [-0.39, 0.29) is 23.4 Å². The minimum absolute atomic E-state index is 0.152. The van der Waals surface area contributed by atoms with Crippen molar-refractivity contribution < 1.29 is 22.7 Å². The molecule has 2 aliphatic heterocycles. The number of hydrogen-bond donors (Lipinski definition) is 1. The number of nitrogens with zero attached hydrogens (tertiary/aromatic N) is 5. The highest BCUT2D eigenvalue weighted by atomic mass is 19.4. The van der Waals surface area contributed by atoms with Gasteiger partial charge in [0.05, 0.1) is 35.8 Å². The first-order valence-electron chi connectivity index (χ1n) is 10.8. The minimum Gasteiger partial charge on any atom is -0.488 e. The maximum Gasteiger partial charge on any atom is 0.416 e. The molecule has 174 valence electrons. The number of anilines is 1. The van der Waals surface area contributed by atoms with E-state index >= 15 is 0 Å². The predicted molar refractivity (Wildman–Crippen MR) is 116 cm³/mol. The van der Waals surface area contributed by atoms with Gasteiger partial charge in [0.15, 0.2) is 0 Å². The zero-order valence-electron chi connectivity index (χ0n) is 18.0. The van der Waals surface area contributed by atoms with Crippen LogP contribution in [0.25, 0.3) is 16.6 Å².